The smallest absolute Gasteiger partial charge is 0.0448 e. The molecule has 0 spiro atoms. The average Bonchev–Trinajstić information content (AvgIpc) is 2.62. The lowest BCUT2D eigenvalue weighted by molar-refractivity contribution is 1.01. The van der Waals surface area contributed by atoms with Crippen LogP contribution in [0.1, 0.15) is 28.2 Å². The highest BCUT2D eigenvalue weighted by atomic mass is 35.5. The van der Waals surface area contributed by atoms with Crippen LogP contribution < -0.4 is 0 Å². The van der Waals surface area contributed by atoms with Gasteiger partial charge in [-0.1, -0.05) is 103 Å². The summed E-state index contributed by atoms with van der Waals surface area (Å²) in [7, 11) is 0. The van der Waals surface area contributed by atoms with Crippen LogP contribution in [0.5, 0.6) is 0 Å². The fourth-order valence-corrected chi connectivity index (χ4v) is 3.05. The van der Waals surface area contributed by atoms with Crippen LogP contribution >= 0.6 is 11.6 Å². The third kappa shape index (κ3) is 3.72. The Kier molecular flexibility index (Phi) is 4.95. The highest BCUT2D eigenvalue weighted by molar-refractivity contribution is 6.48. The van der Waals surface area contributed by atoms with Crippen LogP contribution in [0.25, 0.3) is 5.03 Å². The summed E-state index contributed by atoms with van der Waals surface area (Å²) >= 11 is 6.61. The van der Waals surface area contributed by atoms with Crippen molar-refractivity contribution in [1.29, 1.82) is 0 Å². The van der Waals surface area contributed by atoms with E-state index in [0.29, 0.717) is 0 Å². The fraction of sp³-hybridized carbons (Fsp3) is 0.0909. The van der Waals surface area contributed by atoms with Gasteiger partial charge in [0, 0.05) is 11.0 Å². The Morgan fingerprint density at radius 2 is 1.35 bits per heavy atom. The molecule has 1 atom stereocenters. The molecule has 0 aliphatic rings. The van der Waals surface area contributed by atoms with Crippen molar-refractivity contribution in [3.63, 3.8) is 0 Å². The topological polar surface area (TPSA) is 0 Å². The Hall–Kier alpha value is -2.31. The van der Waals surface area contributed by atoms with Crippen molar-refractivity contribution in [3.05, 3.63) is 113 Å². The molecule has 3 aromatic rings. The molecule has 0 nitrogen and oxygen atoms in total. The van der Waals surface area contributed by atoms with Crippen LogP contribution in [0.2, 0.25) is 0 Å². The van der Waals surface area contributed by atoms with Crippen LogP contribution in [0.3, 0.4) is 0 Å². The zero-order valence-electron chi connectivity index (χ0n) is 13.1. The van der Waals surface area contributed by atoms with E-state index in [1.807, 2.05) is 36.4 Å². The number of aryl methyl sites for hydroxylation is 1. The van der Waals surface area contributed by atoms with Crippen molar-refractivity contribution in [3.8, 4) is 0 Å². The van der Waals surface area contributed by atoms with Gasteiger partial charge in [-0.2, -0.15) is 0 Å². The van der Waals surface area contributed by atoms with Gasteiger partial charge in [-0.3, -0.25) is 0 Å². The Morgan fingerprint density at radius 3 is 2.00 bits per heavy atom. The summed E-state index contributed by atoms with van der Waals surface area (Å²) in [6.45, 7) is 2.15. The van der Waals surface area contributed by atoms with Crippen molar-refractivity contribution in [1.82, 2.24) is 0 Å². The quantitative estimate of drug-likeness (QED) is 0.521. The highest BCUT2D eigenvalue weighted by Crippen LogP contribution is 2.32. The molecule has 3 rings (SSSR count). The van der Waals surface area contributed by atoms with Gasteiger partial charge in [-0.25, -0.2) is 0 Å². The van der Waals surface area contributed by atoms with Gasteiger partial charge in [-0.05, 0) is 29.2 Å². The molecule has 0 radical (unpaired) electrons. The van der Waals surface area contributed by atoms with Gasteiger partial charge in [0.1, 0.15) is 0 Å². The molecular formula is C22H19Cl. The lowest BCUT2D eigenvalue weighted by Crippen LogP contribution is -2.00. The molecule has 0 saturated carbocycles. The summed E-state index contributed by atoms with van der Waals surface area (Å²) in [5, 5.41) is 0.780. The third-order valence-corrected chi connectivity index (χ3v) is 4.39. The molecule has 0 aromatic heterocycles. The normalized spacial score (nSPS) is 12.9. The highest BCUT2D eigenvalue weighted by Gasteiger charge is 2.14. The first kappa shape index (κ1) is 15.6. The van der Waals surface area contributed by atoms with E-state index >= 15 is 0 Å². The second-order valence-corrected chi connectivity index (χ2v) is 6.03. The molecule has 0 saturated heterocycles. The number of allylic oxidation sites excluding steroid dienone is 1. The molecule has 23 heavy (non-hydrogen) atoms. The zero-order chi connectivity index (χ0) is 16.1. The van der Waals surface area contributed by atoms with Crippen LogP contribution in [0.15, 0.2) is 91.0 Å². The van der Waals surface area contributed by atoms with Crippen molar-refractivity contribution in [2.75, 3.05) is 0 Å². The first-order valence-corrected chi connectivity index (χ1v) is 8.17. The van der Waals surface area contributed by atoms with Gasteiger partial charge in [0.25, 0.3) is 0 Å². The van der Waals surface area contributed by atoms with Gasteiger partial charge < -0.3 is 0 Å². The van der Waals surface area contributed by atoms with Crippen LogP contribution in [-0.2, 0) is 0 Å². The molecule has 3 aromatic carbocycles. The maximum absolute atomic E-state index is 6.61. The minimum absolute atomic E-state index is 0.144. The number of rotatable bonds is 4. The van der Waals surface area contributed by atoms with Crippen molar-refractivity contribution in [2.24, 2.45) is 0 Å². The van der Waals surface area contributed by atoms with E-state index in [4.69, 9.17) is 11.6 Å². The Morgan fingerprint density at radius 1 is 0.783 bits per heavy atom. The number of hydrogen-bond acceptors (Lipinski definition) is 0. The fourth-order valence-electron chi connectivity index (χ4n) is 2.80. The Bertz CT molecular complexity index is 788. The van der Waals surface area contributed by atoms with E-state index in [9.17, 15) is 0 Å². The second kappa shape index (κ2) is 7.30. The first-order valence-electron chi connectivity index (χ1n) is 7.79. The summed E-state index contributed by atoms with van der Waals surface area (Å²) in [5.74, 6) is 0.144. The van der Waals surface area contributed by atoms with Gasteiger partial charge in [0.15, 0.2) is 0 Å². The van der Waals surface area contributed by atoms with E-state index in [0.717, 1.165) is 10.6 Å². The number of halogens is 1. The summed E-state index contributed by atoms with van der Waals surface area (Å²) < 4.78 is 0. The van der Waals surface area contributed by atoms with Crippen LogP contribution in [0, 0.1) is 6.92 Å². The molecule has 1 unspecified atom stereocenters. The molecule has 114 valence electrons. The minimum Gasteiger partial charge on any atom is -0.0840 e. The Balaban J connectivity index is 2.08. The summed E-state index contributed by atoms with van der Waals surface area (Å²) in [5.41, 5.74) is 4.85. The maximum Gasteiger partial charge on any atom is 0.0448 e. The molecule has 0 aliphatic carbocycles. The predicted molar refractivity (Wildman–Crippen MR) is 99.7 cm³/mol. The molecule has 0 bridgehead atoms. The summed E-state index contributed by atoms with van der Waals surface area (Å²) in [6, 6.07) is 29.1. The lowest BCUT2D eigenvalue weighted by atomic mass is 9.88. The Labute approximate surface area is 143 Å². The SMILES string of the molecule is Cc1ccccc1C(/C=C(/Cl)c1ccccc1)c1ccccc1. The van der Waals surface area contributed by atoms with Crippen molar-refractivity contribution >= 4 is 16.6 Å². The van der Waals surface area contributed by atoms with Crippen LogP contribution in [0.4, 0.5) is 0 Å². The van der Waals surface area contributed by atoms with Crippen molar-refractivity contribution in [2.45, 2.75) is 12.8 Å². The number of hydrogen-bond donors (Lipinski definition) is 0. The van der Waals surface area contributed by atoms with E-state index in [-0.39, 0.29) is 5.92 Å². The second-order valence-electron chi connectivity index (χ2n) is 5.63. The molecule has 0 aliphatic heterocycles. The van der Waals surface area contributed by atoms with E-state index in [1.54, 1.807) is 0 Å². The summed E-state index contributed by atoms with van der Waals surface area (Å²) in [6.07, 6.45) is 2.15. The number of benzene rings is 3. The minimum atomic E-state index is 0.144. The third-order valence-electron chi connectivity index (χ3n) is 4.04. The van der Waals surface area contributed by atoms with Gasteiger partial charge in [-0.15, -0.1) is 0 Å². The molecule has 0 amide bonds. The summed E-state index contributed by atoms with van der Waals surface area (Å²) in [4.78, 5) is 0. The first-order chi connectivity index (χ1) is 11.3. The monoisotopic (exact) mass is 318 g/mol. The van der Waals surface area contributed by atoms with E-state index < -0.39 is 0 Å². The molecule has 1 heteroatoms. The molecule has 0 fully saturated rings. The lowest BCUT2D eigenvalue weighted by Gasteiger charge is -2.17. The van der Waals surface area contributed by atoms with E-state index in [2.05, 4.69) is 61.5 Å². The van der Waals surface area contributed by atoms with Gasteiger partial charge in [0.2, 0.25) is 0 Å². The van der Waals surface area contributed by atoms with E-state index in [1.165, 1.54) is 16.7 Å². The average molecular weight is 319 g/mol. The maximum atomic E-state index is 6.61. The largest absolute Gasteiger partial charge is 0.0840 e. The standard InChI is InChI=1S/C22H19Cl/c1-17-10-8-9-15-20(17)21(18-11-4-2-5-12-18)16-22(23)19-13-6-3-7-14-19/h2-16,21H,1H3/b22-16+. The predicted octanol–water partition coefficient (Wildman–Crippen LogP) is 6.41. The zero-order valence-corrected chi connectivity index (χ0v) is 13.9. The molecular weight excluding hydrogens is 300 g/mol. The van der Waals surface area contributed by atoms with Crippen molar-refractivity contribution < 1.29 is 0 Å². The van der Waals surface area contributed by atoms with Gasteiger partial charge >= 0.3 is 0 Å². The van der Waals surface area contributed by atoms with Gasteiger partial charge in [0.05, 0.1) is 0 Å². The van der Waals surface area contributed by atoms with Crippen LogP contribution in [-0.4, -0.2) is 0 Å². The molecule has 0 N–H and O–H groups in total. The molecule has 0 heterocycles.